The lowest BCUT2D eigenvalue weighted by molar-refractivity contribution is -0.132. The highest BCUT2D eigenvalue weighted by Gasteiger charge is 2.34. The Morgan fingerprint density at radius 2 is 2.00 bits per heavy atom. The number of urea groups is 1. The average molecular weight is 258 g/mol. The Morgan fingerprint density at radius 1 is 1.37 bits per heavy atom. The number of amides is 3. The van der Waals surface area contributed by atoms with Gasteiger partial charge in [0.1, 0.15) is 0 Å². The standard InChI is InChI=1S/C13H14N4O2/c1-16-11(15)6-12(18)17(13(16)19)8-10-4-2-9(7-14)3-5-10/h2-5,11H,6,8,15H2,1H3. The fraction of sp³-hybridized carbons (Fsp3) is 0.308. The maximum Gasteiger partial charge on any atom is 0.328 e. The fourth-order valence-electron chi connectivity index (χ4n) is 1.89. The summed E-state index contributed by atoms with van der Waals surface area (Å²) in [5.41, 5.74) is 7.01. The summed E-state index contributed by atoms with van der Waals surface area (Å²) in [6, 6.07) is 8.39. The Kier molecular flexibility index (Phi) is 3.49. The molecule has 2 N–H and O–H groups in total. The van der Waals surface area contributed by atoms with Crippen molar-refractivity contribution in [3.8, 4) is 6.07 Å². The van der Waals surface area contributed by atoms with Gasteiger partial charge in [-0.05, 0) is 17.7 Å². The SMILES string of the molecule is CN1C(=O)N(Cc2ccc(C#N)cc2)C(=O)CC1N. The van der Waals surface area contributed by atoms with Gasteiger partial charge in [-0.1, -0.05) is 12.1 Å². The minimum Gasteiger partial charge on any atom is -0.311 e. The number of imide groups is 1. The normalized spacial score (nSPS) is 19.5. The van der Waals surface area contributed by atoms with Crippen molar-refractivity contribution in [1.82, 2.24) is 9.80 Å². The summed E-state index contributed by atoms with van der Waals surface area (Å²) in [5, 5.41) is 8.71. The van der Waals surface area contributed by atoms with E-state index in [0.29, 0.717) is 5.56 Å². The fourth-order valence-corrected chi connectivity index (χ4v) is 1.89. The van der Waals surface area contributed by atoms with Gasteiger partial charge in [-0.3, -0.25) is 9.69 Å². The molecule has 0 spiro atoms. The summed E-state index contributed by atoms with van der Waals surface area (Å²) < 4.78 is 0. The monoisotopic (exact) mass is 258 g/mol. The highest BCUT2D eigenvalue weighted by atomic mass is 16.2. The van der Waals surface area contributed by atoms with Crippen molar-refractivity contribution < 1.29 is 9.59 Å². The summed E-state index contributed by atoms with van der Waals surface area (Å²) >= 11 is 0. The van der Waals surface area contributed by atoms with E-state index in [1.54, 1.807) is 31.3 Å². The molecule has 0 saturated carbocycles. The molecule has 1 saturated heterocycles. The van der Waals surface area contributed by atoms with Crippen molar-refractivity contribution in [2.24, 2.45) is 5.73 Å². The number of nitrogens with two attached hydrogens (primary N) is 1. The topological polar surface area (TPSA) is 90.4 Å². The van der Waals surface area contributed by atoms with Crippen molar-refractivity contribution >= 4 is 11.9 Å². The van der Waals surface area contributed by atoms with Gasteiger partial charge in [0.2, 0.25) is 5.91 Å². The number of nitrogens with zero attached hydrogens (tertiary/aromatic N) is 3. The number of carbonyl (C=O) groups is 2. The zero-order valence-electron chi connectivity index (χ0n) is 10.5. The molecule has 6 heteroatoms. The van der Waals surface area contributed by atoms with E-state index in [1.807, 2.05) is 6.07 Å². The first-order valence-corrected chi connectivity index (χ1v) is 5.84. The van der Waals surface area contributed by atoms with Crippen LogP contribution in [0.4, 0.5) is 4.79 Å². The van der Waals surface area contributed by atoms with Gasteiger partial charge in [-0.15, -0.1) is 0 Å². The van der Waals surface area contributed by atoms with Crippen molar-refractivity contribution in [2.75, 3.05) is 7.05 Å². The highest BCUT2D eigenvalue weighted by Crippen LogP contribution is 2.16. The predicted octanol–water partition coefficient (Wildman–Crippen LogP) is 0.627. The Labute approximate surface area is 111 Å². The van der Waals surface area contributed by atoms with Gasteiger partial charge in [-0.2, -0.15) is 5.26 Å². The number of rotatable bonds is 2. The van der Waals surface area contributed by atoms with E-state index in [4.69, 9.17) is 11.0 Å². The predicted molar refractivity (Wildman–Crippen MR) is 67.5 cm³/mol. The van der Waals surface area contributed by atoms with Crippen molar-refractivity contribution in [3.05, 3.63) is 35.4 Å². The number of benzene rings is 1. The molecular formula is C13H14N4O2. The van der Waals surface area contributed by atoms with Crippen LogP contribution in [0.25, 0.3) is 0 Å². The molecule has 0 bridgehead atoms. The summed E-state index contributed by atoms with van der Waals surface area (Å²) in [7, 11) is 1.57. The van der Waals surface area contributed by atoms with E-state index in [0.717, 1.165) is 5.56 Å². The largest absolute Gasteiger partial charge is 0.328 e. The van der Waals surface area contributed by atoms with Crippen LogP contribution in [-0.4, -0.2) is 35.0 Å². The quantitative estimate of drug-likeness (QED) is 0.842. The lowest BCUT2D eigenvalue weighted by Gasteiger charge is -2.36. The van der Waals surface area contributed by atoms with Gasteiger partial charge in [0.25, 0.3) is 0 Å². The minimum absolute atomic E-state index is 0.124. The lowest BCUT2D eigenvalue weighted by Crippen LogP contribution is -2.57. The summed E-state index contributed by atoms with van der Waals surface area (Å²) in [6.07, 6.45) is -0.435. The van der Waals surface area contributed by atoms with Gasteiger partial charge < -0.3 is 10.6 Å². The maximum atomic E-state index is 12.0. The number of hydrogen-bond donors (Lipinski definition) is 1. The van der Waals surface area contributed by atoms with E-state index in [2.05, 4.69) is 0 Å². The molecule has 1 aromatic carbocycles. The second-order valence-electron chi connectivity index (χ2n) is 4.45. The van der Waals surface area contributed by atoms with Crippen molar-refractivity contribution in [3.63, 3.8) is 0 Å². The number of carbonyl (C=O) groups excluding carboxylic acids is 2. The van der Waals surface area contributed by atoms with Crippen LogP contribution in [-0.2, 0) is 11.3 Å². The molecule has 1 fully saturated rings. The van der Waals surface area contributed by atoms with E-state index in [-0.39, 0.29) is 18.9 Å². The molecule has 19 heavy (non-hydrogen) atoms. The summed E-state index contributed by atoms with van der Waals surface area (Å²) in [4.78, 5) is 26.3. The van der Waals surface area contributed by atoms with Gasteiger partial charge in [-0.25, -0.2) is 4.79 Å². The van der Waals surface area contributed by atoms with E-state index in [1.165, 1.54) is 9.80 Å². The average Bonchev–Trinajstić information content (AvgIpc) is 2.42. The van der Waals surface area contributed by atoms with Crippen LogP contribution in [0.5, 0.6) is 0 Å². The first kappa shape index (κ1) is 13.1. The molecule has 6 nitrogen and oxygen atoms in total. The van der Waals surface area contributed by atoms with Crippen molar-refractivity contribution in [2.45, 2.75) is 19.1 Å². The van der Waals surface area contributed by atoms with E-state index < -0.39 is 12.2 Å². The number of nitriles is 1. The molecule has 3 amide bonds. The first-order chi connectivity index (χ1) is 9.02. The molecule has 1 unspecified atom stereocenters. The number of hydrogen-bond acceptors (Lipinski definition) is 4. The zero-order chi connectivity index (χ0) is 14.0. The zero-order valence-corrected chi connectivity index (χ0v) is 10.5. The molecule has 1 aliphatic heterocycles. The Morgan fingerprint density at radius 3 is 2.58 bits per heavy atom. The van der Waals surface area contributed by atoms with Gasteiger partial charge in [0.05, 0.1) is 30.8 Å². The Bertz CT molecular complexity index is 547. The molecule has 1 aliphatic rings. The molecule has 0 aromatic heterocycles. The van der Waals surface area contributed by atoms with E-state index >= 15 is 0 Å². The minimum atomic E-state index is -0.558. The first-order valence-electron chi connectivity index (χ1n) is 5.84. The molecule has 1 aromatic rings. The van der Waals surface area contributed by atoms with Crippen LogP contribution >= 0.6 is 0 Å². The van der Waals surface area contributed by atoms with E-state index in [9.17, 15) is 9.59 Å². The molecule has 1 heterocycles. The Balaban J connectivity index is 2.15. The molecular weight excluding hydrogens is 244 g/mol. The van der Waals surface area contributed by atoms with Crippen molar-refractivity contribution in [1.29, 1.82) is 5.26 Å². The van der Waals surface area contributed by atoms with Crippen LogP contribution < -0.4 is 5.73 Å². The maximum absolute atomic E-state index is 12.0. The van der Waals surface area contributed by atoms with Crippen LogP contribution in [0, 0.1) is 11.3 Å². The van der Waals surface area contributed by atoms with Gasteiger partial charge in [0.15, 0.2) is 0 Å². The van der Waals surface area contributed by atoms with Crippen LogP contribution in [0.15, 0.2) is 24.3 Å². The van der Waals surface area contributed by atoms with Gasteiger partial charge >= 0.3 is 6.03 Å². The summed E-state index contributed by atoms with van der Waals surface area (Å²) in [6.45, 7) is 0.195. The van der Waals surface area contributed by atoms with Crippen LogP contribution in [0.1, 0.15) is 17.5 Å². The van der Waals surface area contributed by atoms with Gasteiger partial charge in [0, 0.05) is 7.05 Å². The molecule has 98 valence electrons. The lowest BCUT2D eigenvalue weighted by atomic mass is 10.1. The summed E-state index contributed by atoms with van der Waals surface area (Å²) in [5.74, 6) is -0.278. The third kappa shape index (κ3) is 2.56. The highest BCUT2D eigenvalue weighted by molar-refractivity contribution is 5.97. The Hall–Kier alpha value is -2.39. The smallest absolute Gasteiger partial charge is 0.311 e. The second kappa shape index (κ2) is 5.08. The molecule has 2 rings (SSSR count). The molecule has 1 atom stereocenters. The van der Waals surface area contributed by atoms with Crippen LogP contribution in [0.2, 0.25) is 0 Å². The molecule has 0 aliphatic carbocycles. The third-order valence-corrected chi connectivity index (χ3v) is 3.14. The second-order valence-corrected chi connectivity index (χ2v) is 4.45. The van der Waals surface area contributed by atoms with Crippen LogP contribution in [0.3, 0.4) is 0 Å². The molecule has 0 radical (unpaired) electrons. The third-order valence-electron chi connectivity index (χ3n) is 3.14.